The van der Waals surface area contributed by atoms with Gasteiger partial charge in [-0.25, -0.2) is 13.8 Å². The summed E-state index contributed by atoms with van der Waals surface area (Å²) in [6, 6.07) is 1.34. The minimum absolute atomic E-state index is 0.285. The molecule has 0 aliphatic heterocycles. The lowest BCUT2D eigenvalue weighted by Gasteiger charge is -2.17. The van der Waals surface area contributed by atoms with E-state index < -0.39 is 47.4 Å². The quantitative estimate of drug-likeness (QED) is 0.635. The molecule has 0 saturated carbocycles. The van der Waals surface area contributed by atoms with E-state index in [-0.39, 0.29) is 6.20 Å². The monoisotopic (exact) mass is 294 g/mol. The number of hydrogen-bond acceptors (Lipinski definition) is 4. The van der Waals surface area contributed by atoms with Crippen LogP contribution in [0.4, 0.5) is 22.0 Å². The van der Waals surface area contributed by atoms with E-state index in [1.54, 1.807) is 0 Å². The standard InChI is InChI=1S/C11H7F5N2O2/c1-20-8(19)2-5-7(3-17)18-4-6(10(12)13)9(5)11(14,15)16/h4,10H,2H2,1H3. The van der Waals surface area contributed by atoms with Gasteiger partial charge < -0.3 is 4.74 Å². The van der Waals surface area contributed by atoms with Crippen molar-refractivity contribution in [3.8, 4) is 6.07 Å². The van der Waals surface area contributed by atoms with E-state index in [1.165, 1.54) is 6.07 Å². The third-order valence-electron chi connectivity index (χ3n) is 2.38. The van der Waals surface area contributed by atoms with Crippen LogP contribution in [0.2, 0.25) is 0 Å². The Balaban J connectivity index is 3.62. The second-order valence-electron chi connectivity index (χ2n) is 3.58. The molecule has 1 heterocycles. The lowest BCUT2D eigenvalue weighted by atomic mass is 9.98. The Morgan fingerprint density at radius 2 is 2.10 bits per heavy atom. The highest BCUT2D eigenvalue weighted by atomic mass is 19.4. The molecule has 0 N–H and O–H groups in total. The largest absolute Gasteiger partial charge is 0.469 e. The van der Waals surface area contributed by atoms with Gasteiger partial charge in [-0.2, -0.15) is 18.4 Å². The summed E-state index contributed by atoms with van der Waals surface area (Å²) in [6.45, 7) is 0. The molecule has 0 atom stereocenters. The fourth-order valence-electron chi connectivity index (χ4n) is 1.55. The molecule has 0 aromatic carbocycles. The zero-order valence-corrected chi connectivity index (χ0v) is 9.96. The van der Waals surface area contributed by atoms with Crippen molar-refractivity contribution in [2.24, 2.45) is 0 Å². The molecule has 0 bridgehead atoms. The lowest BCUT2D eigenvalue weighted by molar-refractivity contribution is -0.142. The van der Waals surface area contributed by atoms with Gasteiger partial charge in [0, 0.05) is 17.3 Å². The number of pyridine rings is 1. The maximum atomic E-state index is 12.9. The molecule has 0 unspecified atom stereocenters. The summed E-state index contributed by atoms with van der Waals surface area (Å²) >= 11 is 0. The molecule has 4 nitrogen and oxygen atoms in total. The van der Waals surface area contributed by atoms with Crippen molar-refractivity contribution in [2.45, 2.75) is 19.0 Å². The van der Waals surface area contributed by atoms with Crippen LogP contribution in [0, 0.1) is 11.3 Å². The number of hydrogen-bond donors (Lipinski definition) is 0. The van der Waals surface area contributed by atoms with E-state index in [1.807, 2.05) is 0 Å². The molecule has 1 aromatic heterocycles. The molecule has 0 spiro atoms. The molecule has 1 aromatic rings. The molecule has 0 radical (unpaired) electrons. The SMILES string of the molecule is COC(=O)Cc1c(C#N)ncc(C(F)F)c1C(F)(F)F. The Bertz CT molecular complexity index is 563. The van der Waals surface area contributed by atoms with Gasteiger partial charge in [0.25, 0.3) is 6.43 Å². The number of halogens is 5. The van der Waals surface area contributed by atoms with Gasteiger partial charge in [-0.05, 0) is 0 Å². The average Bonchev–Trinajstić information content (AvgIpc) is 2.36. The molecule has 108 valence electrons. The van der Waals surface area contributed by atoms with Gasteiger partial charge in [0.2, 0.25) is 0 Å². The summed E-state index contributed by atoms with van der Waals surface area (Å²) in [5, 5.41) is 8.70. The number of ether oxygens (including phenoxy) is 1. The van der Waals surface area contributed by atoms with Gasteiger partial charge in [-0.1, -0.05) is 0 Å². The Morgan fingerprint density at radius 1 is 1.50 bits per heavy atom. The van der Waals surface area contributed by atoms with E-state index in [2.05, 4.69) is 9.72 Å². The van der Waals surface area contributed by atoms with Crippen LogP contribution < -0.4 is 0 Å². The van der Waals surface area contributed by atoms with E-state index in [0.29, 0.717) is 0 Å². The van der Waals surface area contributed by atoms with Gasteiger partial charge in [-0.15, -0.1) is 0 Å². The highest BCUT2D eigenvalue weighted by molar-refractivity contribution is 5.74. The first-order chi connectivity index (χ1) is 9.22. The second-order valence-corrected chi connectivity index (χ2v) is 3.58. The summed E-state index contributed by atoms with van der Waals surface area (Å²) in [6.07, 6.45) is -9.28. The van der Waals surface area contributed by atoms with Crippen LogP contribution in [0.25, 0.3) is 0 Å². The maximum Gasteiger partial charge on any atom is 0.417 e. The van der Waals surface area contributed by atoms with E-state index in [0.717, 1.165) is 7.11 Å². The van der Waals surface area contributed by atoms with Crippen LogP contribution in [0.5, 0.6) is 0 Å². The smallest absolute Gasteiger partial charge is 0.417 e. The van der Waals surface area contributed by atoms with Crippen molar-refractivity contribution < 1.29 is 31.5 Å². The van der Waals surface area contributed by atoms with Crippen molar-refractivity contribution in [3.05, 3.63) is 28.6 Å². The predicted molar refractivity (Wildman–Crippen MR) is 54.6 cm³/mol. The van der Waals surface area contributed by atoms with Crippen LogP contribution in [-0.2, 0) is 22.1 Å². The van der Waals surface area contributed by atoms with Gasteiger partial charge >= 0.3 is 12.1 Å². The number of esters is 1. The zero-order chi connectivity index (χ0) is 15.5. The Morgan fingerprint density at radius 3 is 2.50 bits per heavy atom. The highest BCUT2D eigenvalue weighted by Gasteiger charge is 2.40. The van der Waals surface area contributed by atoms with Gasteiger partial charge in [-0.3, -0.25) is 4.79 Å². The molecule has 0 aliphatic rings. The van der Waals surface area contributed by atoms with Crippen molar-refractivity contribution >= 4 is 5.97 Å². The minimum atomic E-state index is -5.15. The molecule has 1 rings (SSSR count). The Kier molecular flexibility index (Phi) is 4.60. The summed E-state index contributed by atoms with van der Waals surface area (Å²) in [5.41, 5.74) is -4.75. The summed E-state index contributed by atoms with van der Waals surface area (Å²) in [5.74, 6) is -1.10. The van der Waals surface area contributed by atoms with Crippen LogP contribution in [0.1, 0.15) is 28.8 Å². The van der Waals surface area contributed by atoms with Crippen LogP contribution in [-0.4, -0.2) is 18.1 Å². The third kappa shape index (κ3) is 3.20. The van der Waals surface area contributed by atoms with Crippen LogP contribution >= 0.6 is 0 Å². The Hall–Kier alpha value is -2.24. The van der Waals surface area contributed by atoms with E-state index >= 15 is 0 Å². The number of nitrogens with zero attached hydrogens (tertiary/aromatic N) is 2. The molecule has 0 aliphatic carbocycles. The van der Waals surface area contributed by atoms with Crippen LogP contribution in [0.3, 0.4) is 0 Å². The molecular weight excluding hydrogens is 287 g/mol. The molecular formula is C11H7F5N2O2. The lowest BCUT2D eigenvalue weighted by Crippen LogP contribution is -2.19. The van der Waals surface area contributed by atoms with Crippen molar-refractivity contribution in [3.63, 3.8) is 0 Å². The first-order valence-corrected chi connectivity index (χ1v) is 5.06. The topological polar surface area (TPSA) is 63.0 Å². The fraction of sp³-hybridized carbons (Fsp3) is 0.364. The van der Waals surface area contributed by atoms with Gasteiger partial charge in [0.1, 0.15) is 11.8 Å². The maximum absolute atomic E-state index is 12.9. The molecule has 0 saturated heterocycles. The number of methoxy groups -OCH3 is 1. The first kappa shape index (κ1) is 15.8. The summed E-state index contributed by atoms with van der Waals surface area (Å²) in [7, 11) is 0.923. The first-order valence-electron chi connectivity index (χ1n) is 5.06. The minimum Gasteiger partial charge on any atom is -0.469 e. The number of carbonyl (C=O) groups excluding carboxylic acids is 1. The fourth-order valence-corrected chi connectivity index (χ4v) is 1.55. The molecule has 9 heteroatoms. The molecule has 20 heavy (non-hydrogen) atoms. The third-order valence-corrected chi connectivity index (χ3v) is 2.38. The van der Waals surface area contributed by atoms with Crippen molar-refractivity contribution in [2.75, 3.05) is 7.11 Å². The number of carbonyl (C=O) groups is 1. The van der Waals surface area contributed by atoms with Crippen molar-refractivity contribution in [1.82, 2.24) is 4.98 Å². The number of alkyl halides is 5. The Labute approximate surface area is 109 Å². The number of nitriles is 1. The van der Waals surface area contributed by atoms with Crippen molar-refractivity contribution in [1.29, 1.82) is 5.26 Å². The van der Waals surface area contributed by atoms with Crippen LogP contribution in [0.15, 0.2) is 6.20 Å². The predicted octanol–water partition coefficient (Wildman–Crippen LogP) is 2.63. The van der Waals surface area contributed by atoms with Gasteiger partial charge in [0.05, 0.1) is 19.1 Å². The number of rotatable bonds is 3. The highest BCUT2D eigenvalue weighted by Crippen LogP contribution is 2.39. The van der Waals surface area contributed by atoms with E-state index in [9.17, 15) is 26.7 Å². The second kappa shape index (κ2) is 5.81. The normalized spacial score (nSPS) is 11.3. The van der Waals surface area contributed by atoms with Gasteiger partial charge in [0.15, 0.2) is 0 Å². The van der Waals surface area contributed by atoms with E-state index in [4.69, 9.17) is 5.26 Å². The zero-order valence-electron chi connectivity index (χ0n) is 9.96. The molecule has 0 amide bonds. The summed E-state index contributed by atoms with van der Waals surface area (Å²) in [4.78, 5) is 14.3. The number of aromatic nitrogens is 1. The summed E-state index contributed by atoms with van der Waals surface area (Å²) < 4.78 is 68.3. The average molecular weight is 294 g/mol. The molecule has 0 fully saturated rings.